The van der Waals surface area contributed by atoms with Crippen LogP contribution in [0.4, 0.5) is 0 Å². The minimum atomic E-state index is -0.628. The molecule has 0 bridgehead atoms. The monoisotopic (exact) mass is 374 g/mol. The molecule has 0 aromatic rings. The number of carbonyl (C=O) groups excluding carboxylic acids is 1. The van der Waals surface area contributed by atoms with E-state index in [-0.39, 0.29) is 28.8 Å². The van der Waals surface area contributed by atoms with Crippen LogP contribution in [0.25, 0.3) is 0 Å². The zero-order valence-electron chi connectivity index (χ0n) is 16.7. The van der Waals surface area contributed by atoms with Crippen LogP contribution in [0.5, 0.6) is 0 Å². The minimum Gasteiger partial charge on any atom is -0.458 e. The molecule has 27 heavy (non-hydrogen) atoms. The highest BCUT2D eigenvalue weighted by atomic mass is 16.5. The van der Waals surface area contributed by atoms with Gasteiger partial charge in [0.2, 0.25) is 0 Å². The van der Waals surface area contributed by atoms with E-state index in [2.05, 4.69) is 13.8 Å². The quantitative estimate of drug-likeness (QED) is 0.688. The fourth-order valence-electron chi connectivity index (χ4n) is 8.39. The third-order valence-corrected chi connectivity index (χ3v) is 9.96. The highest BCUT2D eigenvalue weighted by Crippen LogP contribution is 2.69. The van der Waals surface area contributed by atoms with Crippen molar-refractivity contribution in [2.24, 2.45) is 34.5 Å². The predicted molar refractivity (Wildman–Crippen MR) is 102 cm³/mol. The number of hydrogen-bond donors (Lipinski definition) is 2. The predicted octanol–water partition coefficient (Wildman–Crippen LogP) is 3.60. The fraction of sp³-hybridized carbons (Fsp3) is 0.870. The molecule has 0 aromatic carbocycles. The maximum absolute atomic E-state index is 12.1. The van der Waals surface area contributed by atoms with E-state index in [1.807, 2.05) is 0 Å². The lowest BCUT2D eigenvalue weighted by atomic mass is 9.43. The van der Waals surface area contributed by atoms with Gasteiger partial charge in [-0.3, -0.25) is 0 Å². The third kappa shape index (κ3) is 2.32. The maximum Gasteiger partial charge on any atom is 0.331 e. The zero-order chi connectivity index (χ0) is 19.0. The van der Waals surface area contributed by atoms with Gasteiger partial charge in [0.15, 0.2) is 0 Å². The Kier molecular flexibility index (Phi) is 3.92. The number of hydrogen-bond acceptors (Lipinski definition) is 4. The first-order chi connectivity index (χ1) is 12.8. The Labute approximate surface area is 162 Å². The van der Waals surface area contributed by atoms with Crippen LogP contribution in [0.3, 0.4) is 0 Å². The van der Waals surface area contributed by atoms with E-state index in [1.54, 1.807) is 6.08 Å². The SMILES string of the molecule is C[C@]12CCC(O)CC1CCC1C2CC[C@]2(C)[C@H](C3=CC(=O)OC3)CCC12O. The second kappa shape index (κ2) is 5.82. The number of fused-ring (bicyclic) bond motifs is 5. The molecule has 8 atom stereocenters. The molecule has 0 aromatic heterocycles. The van der Waals surface area contributed by atoms with Crippen molar-refractivity contribution in [1.82, 2.24) is 0 Å². The number of aliphatic hydroxyl groups excluding tert-OH is 1. The number of carbonyl (C=O) groups is 1. The molecule has 4 aliphatic carbocycles. The van der Waals surface area contributed by atoms with Gasteiger partial charge in [0.25, 0.3) is 0 Å². The zero-order valence-corrected chi connectivity index (χ0v) is 16.7. The first-order valence-electron chi connectivity index (χ1n) is 11.1. The summed E-state index contributed by atoms with van der Waals surface area (Å²) in [7, 11) is 0. The molecule has 0 spiro atoms. The van der Waals surface area contributed by atoms with Crippen molar-refractivity contribution in [2.45, 2.75) is 83.3 Å². The first kappa shape index (κ1) is 18.2. The molecule has 150 valence electrons. The van der Waals surface area contributed by atoms with Crippen molar-refractivity contribution < 1.29 is 19.7 Å². The van der Waals surface area contributed by atoms with Crippen molar-refractivity contribution >= 4 is 5.97 Å². The van der Waals surface area contributed by atoms with Crippen molar-refractivity contribution in [1.29, 1.82) is 0 Å². The fourth-order valence-corrected chi connectivity index (χ4v) is 8.39. The molecule has 1 aliphatic heterocycles. The summed E-state index contributed by atoms with van der Waals surface area (Å²) in [6.45, 7) is 5.15. The van der Waals surface area contributed by atoms with Crippen LogP contribution >= 0.6 is 0 Å². The Morgan fingerprint density at radius 3 is 2.59 bits per heavy atom. The minimum absolute atomic E-state index is 0.126. The summed E-state index contributed by atoms with van der Waals surface area (Å²) >= 11 is 0. The van der Waals surface area contributed by atoms with Gasteiger partial charge in [0.1, 0.15) is 6.61 Å². The Bertz CT molecular complexity index is 686. The molecule has 4 heteroatoms. The first-order valence-corrected chi connectivity index (χ1v) is 11.1. The standard InChI is InChI=1S/C23H34O4/c1-21-8-5-16(24)12-15(21)3-4-19-18(21)6-9-22(2)17(7-10-23(19,22)26)14-11-20(25)27-13-14/h11,15-19,24,26H,3-10,12-13H2,1-2H3/t15?,16?,17-,18?,19?,21-,22+,23?/m0/s1. The number of ether oxygens (including phenoxy) is 1. The Morgan fingerprint density at radius 2 is 1.85 bits per heavy atom. The van der Waals surface area contributed by atoms with Crippen LogP contribution in [-0.4, -0.2) is 34.5 Å². The van der Waals surface area contributed by atoms with E-state index in [4.69, 9.17) is 4.74 Å². The lowest BCUT2D eigenvalue weighted by molar-refractivity contribution is -0.208. The van der Waals surface area contributed by atoms with Crippen molar-refractivity contribution in [2.75, 3.05) is 6.61 Å². The smallest absolute Gasteiger partial charge is 0.331 e. The van der Waals surface area contributed by atoms with Gasteiger partial charge in [0.05, 0.1) is 11.7 Å². The lowest BCUT2D eigenvalue weighted by Crippen LogP contribution is -2.62. The highest BCUT2D eigenvalue weighted by molar-refractivity contribution is 5.85. The average Bonchev–Trinajstić information content (AvgIpc) is 3.16. The summed E-state index contributed by atoms with van der Waals surface area (Å²) in [5.74, 6) is 1.59. The van der Waals surface area contributed by atoms with E-state index in [0.29, 0.717) is 24.4 Å². The summed E-state index contributed by atoms with van der Waals surface area (Å²) in [5, 5.41) is 22.3. The van der Waals surface area contributed by atoms with Crippen LogP contribution in [0.2, 0.25) is 0 Å². The van der Waals surface area contributed by atoms with Gasteiger partial charge < -0.3 is 14.9 Å². The molecule has 5 unspecified atom stereocenters. The molecule has 0 radical (unpaired) electrons. The Hall–Kier alpha value is -0.870. The van der Waals surface area contributed by atoms with Crippen LogP contribution in [0.15, 0.2) is 11.6 Å². The summed E-state index contributed by atoms with van der Waals surface area (Å²) in [4.78, 5) is 11.6. The normalized spacial score (nSPS) is 54.6. The van der Waals surface area contributed by atoms with Crippen LogP contribution in [0, 0.1) is 34.5 Å². The molecule has 5 rings (SSSR count). The molecular weight excluding hydrogens is 340 g/mol. The number of cyclic esters (lactones) is 1. The van der Waals surface area contributed by atoms with Gasteiger partial charge in [-0.2, -0.15) is 0 Å². The van der Waals surface area contributed by atoms with E-state index in [1.165, 1.54) is 6.42 Å². The topological polar surface area (TPSA) is 66.8 Å². The molecule has 0 saturated heterocycles. The molecule has 0 amide bonds. The van der Waals surface area contributed by atoms with Gasteiger partial charge >= 0.3 is 5.97 Å². The molecule has 5 aliphatic rings. The molecule has 4 saturated carbocycles. The summed E-state index contributed by atoms with van der Waals surface area (Å²) in [6, 6.07) is 0. The Morgan fingerprint density at radius 1 is 1.04 bits per heavy atom. The lowest BCUT2D eigenvalue weighted by Gasteiger charge is -2.63. The van der Waals surface area contributed by atoms with Crippen molar-refractivity contribution in [3.63, 3.8) is 0 Å². The van der Waals surface area contributed by atoms with Gasteiger partial charge in [-0.25, -0.2) is 4.79 Å². The number of aliphatic hydroxyl groups is 2. The summed E-state index contributed by atoms with van der Waals surface area (Å²) in [6.07, 6.45) is 10.8. The van der Waals surface area contributed by atoms with Crippen molar-refractivity contribution in [3.05, 3.63) is 11.6 Å². The number of rotatable bonds is 1. The van der Waals surface area contributed by atoms with E-state index in [0.717, 1.165) is 56.9 Å². The molecule has 4 nitrogen and oxygen atoms in total. The van der Waals surface area contributed by atoms with Crippen LogP contribution in [0.1, 0.15) is 71.6 Å². The average molecular weight is 375 g/mol. The van der Waals surface area contributed by atoms with Gasteiger partial charge in [-0.15, -0.1) is 0 Å². The second-order valence-corrected chi connectivity index (χ2v) is 10.7. The third-order valence-electron chi connectivity index (χ3n) is 9.96. The maximum atomic E-state index is 12.1. The molecule has 1 heterocycles. The Balaban J connectivity index is 1.47. The van der Waals surface area contributed by atoms with Gasteiger partial charge in [-0.05, 0) is 92.4 Å². The summed E-state index contributed by atoms with van der Waals surface area (Å²) < 4.78 is 5.20. The number of esters is 1. The van der Waals surface area contributed by atoms with Gasteiger partial charge in [-0.1, -0.05) is 13.8 Å². The van der Waals surface area contributed by atoms with E-state index < -0.39 is 5.60 Å². The summed E-state index contributed by atoms with van der Waals surface area (Å²) in [5.41, 5.74) is 0.600. The van der Waals surface area contributed by atoms with E-state index in [9.17, 15) is 15.0 Å². The van der Waals surface area contributed by atoms with E-state index >= 15 is 0 Å². The second-order valence-electron chi connectivity index (χ2n) is 10.7. The molecular formula is C23H34O4. The van der Waals surface area contributed by atoms with Crippen molar-refractivity contribution in [3.8, 4) is 0 Å². The van der Waals surface area contributed by atoms with Crippen LogP contribution in [-0.2, 0) is 9.53 Å². The van der Waals surface area contributed by atoms with Crippen LogP contribution < -0.4 is 0 Å². The van der Waals surface area contributed by atoms with Gasteiger partial charge in [0, 0.05) is 11.5 Å². The molecule has 4 fully saturated rings. The molecule has 2 N–H and O–H groups in total. The largest absolute Gasteiger partial charge is 0.458 e. The highest BCUT2D eigenvalue weighted by Gasteiger charge is 2.67.